The van der Waals surface area contributed by atoms with E-state index < -0.39 is 5.82 Å². The first-order valence-corrected chi connectivity index (χ1v) is 6.18. The van der Waals surface area contributed by atoms with Crippen LogP contribution in [0.5, 0.6) is 0 Å². The Morgan fingerprint density at radius 3 is 2.38 bits per heavy atom. The molecule has 102 valence electrons. The van der Waals surface area contributed by atoms with Gasteiger partial charge in [-0.05, 0) is 17.7 Å². The average molecular weight is 278 g/mol. The topological polar surface area (TPSA) is 83.4 Å². The van der Waals surface area contributed by atoms with E-state index in [1.165, 1.54) is 6.07 Å². The van der Waals surface area contributed by atoms with Crippen LogP contribution in [0.25, 0.3) is 6.08 Å². The van der Waals surface area contributed by atoms with Crippen LogP contribution in [0.4, 0.5) is 10.1 Å². The van der Waals surface area contributed by atoms with Gasteiger partial charge >= 0.3 is 0 Å². The van der Waals surface area contributed by atoms with Gasteiger partial charge in [-0.15, -0.1) is 0 Å². The molecule has 21 heavy (non-hydrogen) atoms. The summed E-state index contributed by atoms with van der Waals surface area (Å²) in [5.74, 6) is -0.391. The lowest BCUT2D eigenvalue weighted by molar-refractivity contribution is 0.565. The second-order valence-electron chi connectivity index (χ2n) is 5.19. The highest BCUT2D eigenvalue weighted by molar-refractivity contribution is 5.71. The second-order valence-corrected chi connectivity index (χ2v) is 5.19. The van der Waals surface area contributed by atoms with Gasteiger partial charge in [0.25, 0.3) is 0 Å². The number of benzene rings is 1. The van der Waals surface area contributed by atoms with Crippen molar-refractivity contribution in [2.24, 2.45) is 0 Å². The highest BCUT2D eigenvalue weighted by Crippen LogP contribution is 2.38. The molecule has 1 N–H and O–H groups in total. The van der Waals surface area contributed by atoms with Crippen molar-refractivity contribution in [3.05, 3.63) is 46.4 Å². The number of nitriles is 3. The molecule has 5 heteroatoms. The highest BCUT2D eigenvalue weighted by Gasteiger charge is 2.28. The summed E-state index contributed by atoms with van der Waals surface area (Å²) in [7, 11) is 0. The maximum Gasteiger partial charge on any atom is 0.163 e. The molecule has 0 atom stereocenters. The van der Waals surface area contributed by atoms with Crippen molar-refractivity contribution < 1.29 is 4.39 Å². The van der Waals surface area contributed by atoms with Crippen molar-refractivity contribution >= 4 is 11.8 Å². The van der Waals surface area contributed by atoms with Crippen LogP contribution in [-0.4, -0.2) is 0 Å². The summed E-state index contributed by atoms with van der Waals surface area (Å²) in [6, 6.07) is 7.95. The van der Waals surface area contributed by atoms with Crippen LogP contribution in [0.15, 0.2) is 29.5 Å². The first-order chi connectivity index (χ1) is 9.92. The maximum absolute atomic E-state index is 14.3. The fourth-order valence-electron chi connectivity index (χ4n) is 2.32. The Labute approximate surface area is 122 Å². The predicted octanol–water partition coefficient (Wildman–Crippen LogP) is 3.37. The summed E-state index contributed by atoms with van der Waals surface area (Å²) in [4.78, 5) is 0. The molecular weight excluding hydrogens is 267 g/mol. The third-order valence-electron chi connectivity index (χ3n) is 3.30. The highest BCUT2D eigenvalue weighted by atomic mass is 19.1. The minimum atomic E-state index is -0.391. The van der Waals surface area contributed by atoms with Gasteiger partial charge in [-0.25, -0.2) is 4.39 Å². The van der Waals surface area contributed by atoms with Gasteiger partial charge in [-0.2, -0.15) is 15.8 Å². The molecule has 0 aliphatic heterocycles. The number of hydrogen-bond donors (Lipinski definition) is 1. The molecule has 2 rings (SSSR count). The van der Waals surface area contributed by atoms with E-state index in [2.05, 4.69) is 5.32 Å². The first kappa shape index (κ1) is 14.3. The number of nitrogens with zero attached hydrogens (tertiary/aromatic N) is 3. The van der Waals surface area contributed by atoms with E-state index in [0.29, 0.717) is 11.3 Å². The van der Waals surface area contributed by atoms with Crippen molar-refractivity contribution in [2.75, 3.05) is 5.32 Å². The smallest absolute Gasteiger partial charge is 0.163 e. The zero-order valence-electron chi connectivity index (χ0n) is 11.5. The van der Waals surface area contributed by atoms with Crippen molar-refractivity contribution in [3.63, 3.8) is 0 Å². The van der Waals surface area contributed by atoms with E-state index in [4.69, 9.17) is 15.8 Å². The Kier molecular flexibility index (Phi) is 3.49. The molecule has 0 bridgehead atoms. The van der Waals surface area contributed by atoms with Gasteiger partial charge in [0.05, 0.1) is 0 Å². The number of rotatable bonds is 2. The molecule has 0 amide bonds. The monoisotopic (exact) mass is 278 g/mol. The molecule has 0 radical (unpaired) electrons. The number of halogens is 1. The lowest BCUT2D eigenvalue weighted by Gasteiger charge is -2.19. The normalized spacial score (nSPS) is 13.5. The molecule has 0 fully saturated rings. The first-order valence-electron chi connectivity index (χ1n) is 6.18. The lowest BCUT2D eigenvalue weighted by Crippen LogP contribution is -2.13. The van der Waals surface area contributed by atoms with E-state index in [-0.39, 0.29) is 16.7 Å². The van der Waals surface area contributed by atoms with E-state index in [1.54, 1.807) is 24.3 Å². The minimum absolute atomic E-state index is 0.194. The van der Waals surface area contributed by atoms with E-state index in [1.807, 2.05) is 26.0 Å². The summed E-state index contributed by atoms with van der Waals surface area (Å²) >= 11 is 0. The number of allylic oxidation sites excluding steroid dienone is 3. The van der Waals surface area contributed by atoms with Crippen molar-refractivity contribution in [1.29, 1.82) is 15.8 Å². The average Bonchev–Trinajstić information content (AvgIpc) is 2.74. The molecule has 1 aromatic rings. The van der Waals surface area contributed by atoms with Gasteiger partial charge in [0.15, 0.2) is 5.57 Å². The molecule has 0 saturated heterocycles. The Bertz CT molecular complexity index is 779. The van der Waals surface area contributed by atoms with Crippen LogP contribution in [0, 0.1) is 39.8 Å². The Balaban J connectivity index is 2.47. The molecule has 4 nitrogen and oxygen atoms in total. The molecule has 1 aromatic carbocycles. The zero-order valence-corrected chi connectivity index (χ0v) is 11.5. The SMILES string of the molecule is CC1(C)C=Cc2cc(NC(C#N)=C(C#N)C#N)cc(F)c21. The predicted molar refractivity (Wildman–Crippen MR) is 75.9 cm³/mol. The molecule has 0 unspecified atom stereocenters. The Morgan fingerprint density at radius 2 is 1.81 bits per heavy atom. The molecule has 0 spiro atoms. The van der Waals surface area contributed by atoms with Gasteiger partial charge in [-0.3, -0.25) is 0 Å². The molecule has 0 aromatic heterocycles. The third-order valence-corrected chi connectivity index (χ3v) is 3.30. The summed E-state index contributed by atoms with van der Waals surface area (Å²) < 4.78 is 14.3. The summed E-state index contributed by atoms with van der Waals surface area (Å²) in [5, 5.41) is 29.2. The largest absolute Gasteiger partial charge is 0.345 e. The Hall–Kier alpha value is -3.10. The zero-order chi connectivity index (χ0) is 15.6. The number of hydrogen-bond acceptors (Lipinski definition) is 4. The molecule has 1 aliphatic carbocycles. The van der Waals surface area contributed by atoms with Crippen LogP contribution in [0.3, 0.4) is 0 Å². The van der Waals surface area contributed by atoms with Crippen LogP contribution < -0.4 is 5.32 Å². The minimum Gasteiger partial charge on any atom is -0.345 e. The molecule has 0 saturated carbocycles. The summed E-state index contributed by atoms with van der Waals surface area (Å²) in [6.07, 6.45) is 3.72. The summed E-state index contributed by atoms with van der Waals surface area (Å²) in [5.41, 5.74) is 0.727. The lowest BCUT2D eigenvalue weighted by atomic mass is 9.86. The van der Waals surface area contributed by atoms with E-state index >= 15 is 0 Å². The number of nitrogens with one attached hydrogen (secondary N) is 1. The summed E-state index contributed by atoms with van der Waals surface area (Å²) in [6.45, 7) is 3.82. The molecule has 1 aliphatic rings. The van der Waals surface area contributed by atoms with Crippen LogP contribution in [0.2, 0.25) is 0 Å². The van der Waals surface area contributed by atoms with Crippen molar-refractivity contribution in [2.45, 2.75) is 19.3 Å². The van der Waals surface area contributed by atoms with Crippen molar-refractivity contribution in [1.82, 2.24) is 0 Å². The van der Waals surface area contributed by atoms with Crippen LogP contribution in [0.1, 0.15) is 25.0 Å². The van der Waals surface area contributed by atoms with E-state index in [9.17, 15) is 4.39 Å². The molecule has 0 heterocycles. The van der Waals surface area contributed by atoms with Crippen molar-refractivity contribution in [3.8, 4) is 18.2 Å². The quantitative estimate of drug-likeness (QED) is 0.841. The standard InChI is InChI=1S/C16H11FN4/c1-16(2)4-3-10-5-12(6-13(17)15(10)16)21-14(9-20)11(7-18)8-19/h3-6,21H,1-2H3. The van der Waals surface area contributed by atoms with Gasteiger partial charge < -0.3 is 5.32 Å². The van der Waals surface area contributed by atoms with E-state index in [0.717, 1.165) is 5.56 Å². The number of fused-ring (bicyclic) bond motifs is 1. The number of anilines is 1. The fraction of sp³-hybridized carbons (Fsp3) is 0.188. The van der Waals surface area contributed by atoms with Gasteiger partial charge in [0.2, 0.25) is 0 Å². The van der Waals surface area contributed by atoms with Crippen LogP contribution in [-0.2, 0) is 5.41 Å². The fourth-order valence-corrected chi connectivity index (χ4v) is 2.32. The second kappa shape index (κ2) is 5.12. The molecular formula is C16H11FN4. The van der Waals surface area contributed by atoms with Gasteiger partial charge in [0, 0.05) is 16.7 Å². The third kappa shape index (κ3) is 2.48. The van der Waals surface area contributed by atoms with Gasteiger partial charge in [-0.1, -0.05) is 26.0 Å². The van der Waals surface area contributed by atoms with Gasteiger partial charge in [0.1, 0.15) is 29.7 Å². The Morgan fingerprint density at radius 1 is 1.14 bits per heavy atom. The van der Waals surface area contributed by atoms with Crippen LogP contribution >= 0.6 is 0 Å². The maximum atomic E-state index is 14.3.